The van der Waals surface area contributed by atoms with Crippen molar-refractivity contribution in [3.8, 4) is 0 Å². The molecule has 3 N–H and O–H groups in total. The van der Waals surface area contributed by atoms with Crippen LogP contribution in [0.4, 0.5) is 20.7 Å². The molecular weight excluding hydrogens is 459 g/mol. The summed E-state index contributed by atoms with van der Waals surface area (Å²) in [5.74, 6) is -1.76. The van der Waals surface area contributed by atoms with Crippen LogP contribution < -0.4 is 20.9 Å². The first-order valence-electron chi connectivity index (χ1n) is 11.2. The van der Waals surface area contributed by atoms with E-state index in [9.17, 15) is 14.4 Å². The van der Waals surface area contributed by atoms with E-state index in [1.807, 2.05) is 6.07 Å². The number of fused-ring (bicyclic) bond motifs is 5. The average Bonchev–Trinajstić information content (AvgIpc) is 3.24. The third kappa shape index (κ3) is 3.09. The topological polar surface area (TPSA) is 139 Å². The summed E-state index contributed by atoms with van der Waals surface area (Å²) in [5.41, 5.74) is -0.129. The average molecular weight is 480 g/mol. The van der Waals surface area contributed by atoms with Crippen LogP contribution in [0.5, 0.6) is 0 Å². The maximum Gasteiger partial charge on any atom is 0.328 e. The van der Waals surface area contributed by atoms with E-state index in [0.29, 0.717) is 23.3 Å². The van der Waals surface area contributed by atoms with E-state index in [1.165, 1.54) is 0 Å². The first-order chi connectivity index (χ1) is 16.9. The molecule has 11 nitrogen and oxygen atoms in total. The zero-order valence-electron chi connectivity index (χ0n) is 18.6. The normalized spacial score (nSPS) is 23.0. The fraction of sp³-hybridized carbons (Fsp3) is 0.348. The predicted octanol–water partition coefficient (Wildman–Crippen LogP) is 1.48. The molecule has 6 rings (SSSR count). The lowest BCUT2D eigenvalue weighted by atomic mass is 9.66. The Morgan fingerprint density at radius 2 is 2.09 bits per heavy atom. The van der Waals surface area contributed by atoms with Crippen LogP contribution in [0.15, 0.2) is 35.1 Å². The molecule has 180 valence electrons. The van der Waals surface area contributed by atoms with E-state index in [-0.39, 0.29) is 30.8 Å². The van der Waals surface area contributed by atoms with Gasteiger partial charge in [0.15, 0.2) is 17.1 Å². The molecule has 0 radical (unpaired) electrons. The van der Waals surface area contributed by atoms with E-state index in [1.54, 1.807) is 36.4 Å². The van der Waals surface area contributed by atoms with Gasteiger partial charge in [-0.2, -0.15) is 0 Å². The lowest BCUT2D eigenvalue weighted by Gasteiger charge is -2.54. The lowest BCUT2D eigenvalue weighted by Crippen LogP contribution is -2.74. The number of halogens is 1. The summed E-state index contributed by atoms with van der Waals surface area (Å²) < 4.78 is 27.1. The van der Waals surface area contributed by atoms with Crippen molar-refractivity contribution in [2.75, 3.05) is 23.4 Å². The summed E-state index contributed by atoms with van der Waals surface area (Å²) in [6.07, 6.45) is 2.66. The molecule has 12 heteroatoms. The van der Waals surface area contributed by atoms with Gasteiger partial charge in [-0.25, -0.2) is 9.18 Å². The maximum atomic E-state index is 15.9. The van der Waals surface area contributed by atoms with Crippen LogP contribution in [0.3, 0.4) is 0 Å². The largest absolute Gasteiger partial charge is 0.374 e. The fourth-order valence-electron chi connectivity index (χ4n) is 5.48. The van der Waals surface area contributed by atoms with E-state index < -0.39 is 41.2 Å². The number of amides is 4. The number of hydrogen-bond acceptors (Lipinski definition) is 9. The van der Waals surface area contributed by atoms with Crippen molar-refractivity contribution in [2.24, 2.45) is 5.41 Å². The standard InChI is InChI=1S/C23H21FN6O5/c1-11-18-23(20(31)27-22(33)28-21(23)32)8-13-7-14-17(15(24)16(13)30(18)5-6-34-11)35-29-19(14)26-10-12-3-2-4-25-9-12/h2-4,7,9,11,18H,5-6,8,10H2,1H3,(H,26,29)(H2,27,28,31,32,33)/t11-,18+/m0/s1. The molecule has 3 aromatic rings. The number of nitrogens with one attached hydrogen (secondary N) is 3. The number of carbonyl (C=O) groups is 3. The highest BCUT2D eigenvalue weighted by Gasteiger charge is 2.62. The van der Waals surface area contributed by atoms with Crippen LogP contribution in [0.2, 0.25) is 0 Å². The Hall–Kier alpha value is -4.06. The van der Waals surface area contributed by atoms with Gasteiger partial charge in [0.1, 0.15) is 0 Å². The van der Waals surface area contributed by atoms with Crippen molar-refractivity contribution in [3.63, 3.8) is 0 Å². The molecule has 35 heavy (non-hydrogen) atoms. The number of urea groups is 1. The second-order valence-electron chi connectivity index (χ2n) is 8.92. The number of barbiturate groups is 1. The first-order valence-corrected chi connectivity index (χ1v) is 11.2. The van der Waals surface area contributed by atoms with Crippen LogP contribution >= 0.6 is 0 Å². The molecule has 3 aliphatic heterocycles. The minimum Gasteiger partial charge on any atom is -0.374 e. The van der Waals surface area contributed by atoms with Crippen LogP contribution in [0, 0.1) is 11.2 Å². The summed E-state index contributed by atoms with van der Waals surface area (Å²) >= 11 is 0. The van der Waals surface area contributed by atoms with Crippen LogP contribution in [0.25, 0.3) is 11.0 Å². The zero-order chi connectivity index (χ0) is 24.3. The lowest BCUT2D eigenvalue weighted by molar-refractivity contribution is -0.151. The minimum atomic E-state index is -1.68. The van der Waals surface area contributed by atoms with E-state index in [0.717, 1.165) is 5.56 Å². The summed E-state index contributed by atoms with van der Waals surface area (Å²) in [7, 11) is 0. The van der Waals surface area contributed by atoms with Crippen molar-refractivity contribution in [1.82, 2.24) is 20.8 Å². The minimum absolute atomic E-state index is 0.0287. The fourth-order valence-corrected chi connectivity index (χ4v) is 5.48. The quantitative estimate of drug-likeness (QED) is 0.476. The Labute approximate surface area is 198 Å². The van der Waals surface area contributed by atoms with Crippen molar-refractivity contribution in [1.29, 1.82) is 0 Å². The van der Waals surface area contributed by atoms with Crippen LogP contribution in [-0.4, -0.2) is 53.3 Å². The second-order valence-corrected chi connectivity index (χ2v) is 8.92. The molecule has 1 aromatic carbocycles. The van der Waals surface area contributed by atoms with E-state index >= 15 is 4.39 Å². The molecule has 0 saturated carbocycles. The van der Waals surface area contributed by atoms with Gasteiger partial charge in [-0.1, -0.05) is 11.2 Å². The molecule has 1 spiro atoms. The summed E-state index contributed by atoms with van der Waals surface area (Å²) in [5, 5.41) is 12.0. The Kier molecular flexibility index (Phi) is 4.74. The number of imide groups is 2. The molecule has 0 unspecified atom stereocenters. The van der Waals surface area contributed by atoms with Gasteiger partial charge >= 0.3 is 6.03 Å². The van der Waals surface area contributed by atoms with Gasteiger partial charge in [-0.15, -0.1) is 0 Å². The molecule has 2 fully saturated rings. The molecule has 0 aliphatic carbocycles. The third-order valence-electron chi connectivity index (χ3n) is 6.96. The van der Waals surface area contributed by atoms with Gasteiger partial charge < -0.3 is 19.5 Å². The number of hydrogen-bond donors (Lipinski definition) is 3. The summed E-state index contributed by atoms with van der Waals surface area (Å²) in [6.45, 7) is 2.64. The van der Waals surface area contributed by atoms with Crippen LogP contribution in [-0.2, 0) is 27.3 Å². The Morgan fingerprint density at radius 1 is 1.29 bits per heavy atom. The van der Waals surface area contributed by atoms with E-state index in [4.69, 9.17) is 9.26 Å². The highest BCUT2D eigenvalue weighted by molar-refractivity contribution is 6.20. The zero-order valence-corrected chi connectivity index (χ0v) is 18.6. The Morgan fingerprint density at radius 3 is 2.83 bits per heavy atom. The molecule has 4 amide bonds. The highest BCUT2D eigenvalue weighted by Crippen LogP contribution is 2.48. The molecule has 2 atom stereocenters. The Bertz CT molecular complexity index is 1360. The van der Waals surface area contributed by atoms with Crippen molar-refractivity contribution in [2.45, 2.75) is 32.0 Å². The summed E-state index contributed by atoms with van der Waals surface area (Å²) in [6, 6.07) is 3.67. The van der Waals surface area contributed by atoms with Crippen molar-refractivity contribution in [3.05, 3.63) is 47.5 Å². The number of benzene rings is 1. The van der Waals surface area contributed by atoms with Gasteiger partial charge in [-0.05, 0) is 30.2 Å². The smallest absolute Gasteiger partial charge is 0.328 e. The molecule has 2 saturated heterocycles. The highest BCUT2D eigenvalue weighted by atomic mass is 19.1. The number of anilines is 2. The molecule has 0 bridgehead atoms. The molecular formula is C23H21FN6O5. The number of rotatable bonds is 3. The number of ether oxygens (including phenoxy) is 1. The van der Waals surface area contributed by atoms with Crippen LogP contribution in [0.1, 0.15) is 18.1 Å². The number of carbonyl (C=O) groups excluding carboxylic acids is 3. The van der Waals surface area contributed by atoms with E-state index in [2.05, 4.69) is 26.1 Å². The van der Waals surface area contributed by atoms with Gasteiger partial charge in [0.25, 0.3) is 0 Å². The maximum absolute atomic E-state index is 15.9. The third-order valence-corrected chi connectivity index (χ3v) is 6.96. The second kappa shape index (κ2) is 7.73. The van der Waals surface area contributed by atoms with Gasteiger partial charge in [-0.3, -0.25) is 25.2 Å². The molecule has 3 aliphatic rings. The van der Waals surface area contributed by atoms with Crippen molar-refractivity contribution < 1.29 is 28.0 Å². The number of pyridine rings is 1. The number of morpholine rings is 1. The SMILES string of the molecule is C[C@@H]1OCCN2c3c(cc4c(NCc5cccnc5)noc4c3F)CC3(C(=O)NC(=O)NC3=O)[C@@H]12. The number of aromatic nitrogens is 2. The first kappa shape index (κ1) is 21.5. The van der Waals surface area contributed by atoms with Gasteiger partial charge in [0.2, 0.25) is 17.4 Å². The summed E-state index contributed by atoms with van der Waals surface area (Å²) in [4.78, 5) is 44.0. The van der Waals surface area contributed by atoms with Gasteiger partial charge in [0, 0.05) is 31.9 Å². The molecule has 5 heterocycles. The predicted molar refractivity (Wildman–Crippen MR) is 120 cm³/mol. The Balaban J connectivity index is 1.47. The van der Waals surface area contributed by atoms with Gasteiger partial charge in [0.05, 0.1) is 29.8 Å². The number of nitrogens with zero attached hydrogens (tertiary/aromatic N) is 3. The monoisotopic (exact) mass is 480 g/mol. The molecule has 2 aromatic heterocycles. The van der Waals surface area contributed by atoms with Crippen molar-refractivity contribution >= 4 is 40.3 Å².